The standard InChI is InChI=1S/C29H29F6N3O4/c1-4-5-21-14-22(27(41,28(30,31)32)29(33,34)35)10-11-25(21)42-24-12-13-36-23(15-24)16-38(17-39)26(40)37-19(3)20-8-6-18(2)7-9-20/h6-15,17,19,41H,4-5,16H2,1-3H3,(H,37,40). The molecule has 1 heterocycles. The van der Waals surface area contributed by atoms with E-state index in [9.17, 15) is 41.0 Å². The lowest BCUT2D eigenvalue weighted by Gasteiger charge is -2.33. The Kier molecular flexibility index (Phi) is 9.87. The molecule has 0 aliphatic rings. The smallest absolute Gasteiger partial charge is 0.430 e. The van der Waals surface area contributed by atoms with E-state index in [4.69, 9.17) is 4.74 Å². The normalized spacial score (nSPS) is 12.9. The molecular weight excluding hydrogens is 568 g/mol. The van der Waals surface area contributed by atoms with E-state index < -0.39 is 35.6 Å². The summed E-state index contributed by atoms with van der Waals surface area (Å²) in [7, 11) is 0. The first-order valence-corrected chi connectivity index (χ1v) is 12.8. The van der Waals surface area contributed by atoms with Gasteiger partial charge in [-0.3, -0.25) is 14.7 Å². The van der Waals surface area contributed by atoms with Crippen molar-refractivity contribution in [3.05, 3.63) is 88.7 Å². The number of benzene rings is 2. The molecule has 2 N–H and O–H groups in total. The second-order valence-electron chi connectivity index (χ2n) is 9.68. The second kappa shape index (κ2) is 12.8. The van der Waals surface area contributed by atoms with Crippen molar-refractivity contribution >= 4 is 12.4 Å². The summed E-state index contributed by atoms with van der Waals surface area (Å²) in [5.74, 6) is 0.0626. The SMILES string of the molecule is CCCc1cc(C(O)(C(F)(F)F)C(F)(F)F)ccc1Oc1ccnc(CN(C=O)C(=O)NC(C)c2ccc(C)cc2)c1. The molecule has 0 aliphatic heterocycles. The number of pyridine rings is 1. The van der Waals surface area contributed by atoms with Gasteiger partial charge in [-0.1, -0.05) is 49.2 Å². The molecule has 2 aromatic carbocycles. The number of alkyl halides is 6. The summed E-state index contributed by atoms with van der Waals surface area (Å²) < 4.78 is 86.1. The minimum Gasteiger partial charge on any atom is -0.457 e. The van der Waals surface area contributed by atoms with Gasteiger partial charge in [0.05, 0.1) is 18.3 Å². The number of rotatable bonds is 10. The Morgan fingerprint density at radius 3 is 2.26 bits per heavy atom. The highest BCUT2D eigenvalue weighted by Crippen LogP contribution is 2.50. The van der Waals surface area contributed by atoms with Crippen molar-refractivity contribution in [3.8, 4) is 11.5 Å². The minimum absolute atomic E-state index is 0.000670. The van der Waals surface area contributed by atoms with Gasteiger partial charge in [-0.15, -0.1) is 0 Å². The molecule has 0 bridgehead atoms. The number of nitrogens with zero attached hydrogens (tertiary/aromatic N) is 2. The maximum atomic E-state index is 13.4. The van der Waals surface area contributed by atoms with Gasteiger partial charge < -0.3 is 15.2 Å². The lowest BCUT2D eigenvalue weighted by Crippen LogP contribution is -2.53. The van der Waals surface area contributed by atoms with Gasteiger partial charge >= 0.3 is 18.4 Å². The Bertz CT molecular complexity index is 1380. The van der Waals surface area contributed by atoms with Gasteiger partial charge in [0.2, 0.25) is 6.41 Å². The summed E-state index contributed by atoms with van der Waals surface area (Å²) >= 11 is 0. The van der Waals surface area contributed by atoms with Gasteiger partial charge in [0.1, 0.15) is 11.5 Å². The van der Waals surface area contributed by atoms with Gasteiger partial charge in [0.25, 0.3) is 5.60 Å². The van der Waals surface area contributed by atoms with Crippen molar-refractivity contribution in [2.75, 3.05) is 0 Å². The molecule has 3 aromatic rings. The molecule has 0 aliphatic carbocycles. The van der Waals surface area contributed by atoms with Crippen molar-refractivity contribution < 1.29 is 45.8 Å². The number of halogens is 6. The predicted octanol–water partition coefficient (Wildman–Crippen LogP) is 6.88. The first kappa shape index (κ1) is 32.4. The second-order valence-corrected chi connectivity index (χ2v) is 9.68. The quantitative estimate of drug-likeness (QED) is 0.197. The van der Waals surface area contributed by atoms with Crippen LogP contribution in [0.25, 0.3) is 0 Å². The zero-order chi connectivity index (χ0) is 31.3. The lowest BCUT2D eigenvalue weighted by atomic mass is 9.90. The molecule has 42 heavy (non-hydrogen) atoms. The molecule has 0 spiro atoms. The van der Waals surface area contributed by atoms with E-state index >= 15 is 0 Å². The number of aromatic nitrogens is 1. The summed E-state index contributed by atoms with van der Waals surface area (Å²) in [6.07, 6.45) is -10.0. The third-order valence-corrected chi connectivity index (χ3v) is 6.47. The van der Waals surface area contributed by atoms with Crippen LogP contribution in [0.2, 0.25) is 0 Å². The molecule has 3 amide bonds. The van der Waals surface area contributed by atoms with E-state index in [2.05, 4.69) is 10.3 Å². The Morgan fingerprint density at radius 2 is 1.69 bits per heavy atom. The van der Waals surface area contributed by atoms with Crippen LogP contribution in [-0.4, -0.2) is 39.8 Å². The molecule has 0 saturated heterocycles. The number of aliphatic hydroxyl groups is 1. The van der Waals surface area contributed by atoms with Gasteiger partial charge in [0, 0.05) is 17.8 Å². The van der Waals surface area contributed by atoms with Crippen molar-refractivity contribution in [3.63, 3.8) is 0 Å². The van der Waals surface area contributed by atoms with Gasteiger partial charge in [0.15, 0.2) is 0 Å². The number of urea groups is 1. The molecule has 7 nitrogen and oxygen atoms in total. The zero-order valence-corrected chi connectivity index (χ0v) is 22.9. The van der Waals surface area contributed by atoms with Crippen LogP contribution in [0.15, 0.2) is 60.8 Å². The highest BCUT2D eigenvalue weighted by Gasteiger charge is 2.71. The fourth-order valence-electron chi connectivity index (χ4n) is 4.13. The summed E-state index contributed by atoms with van der Waals surface area (Å²) in [5.41, 5.74) is -4.37. The van der Waals surface area contributed by atoms with Gasteiger partial charge in [-0.05, 0) is 49.6 Å². The molecule has 0 saturated carbocycles. The molecule has 226 valence electrons. The van der Waals surface area contributed by atoms with E-state index in [-0.39, 0.29) is 35.7 Å². The predicted molar refractivity (Wildman–Crippen MR) is 140 cm³/mol. The van der Waals surface area contributed by atoms with Crippen LogP contribution in [0.4, 0.5) is 31.1 Å². The summed E-state index contributed by atoms with van der Waals surface area (Å²) in [5, 5.41) is 12.5. The molecule has 0 radical (unpaired) electrons. The van der Waals surface area contributed by atoms with Crippen LogP contribution in [0.3, 0.4) is 0 Å². The third kappa shape index (κ3) is 7.19. The molecule has 1 aromatic heterocycles. The minimum atomic E-state index is -6.02. The number of hydrogen-bond acceptors (Lipinski definition) is 5. The molecule has 0 fully saturated rings. The molecule has 1 atom stereocenters. The number of aryl methyl sites for hydroxylation is 2. The summed E-state index contributed by atoms with van der Waals surface area (Å²) in [6.45, 7) is 5.09. The Labute approximate surface area is 238 Å². The van der Waals surface area contributed by atoms with Crippen molar-refractivity contribution in [1.29, 1.82) is 0 Å². The Balaban J connectivity index is 1.81. The number of carbonyl (C=O) groups is 2. The van der Waals surface area contributed by atoms with Crippen LogP contribution in [0.1, 0.15) is 54.3 Å². The van der Waals surface area contributed by atoms with E-state index in [1.165, 1.54) is 18.3 Å². The molecule has 3 rings (SSSR count). The number of amides is 3. The van der Waals surface area contributed by atoms with E-state index in [0.717, 1.165) is 22.1 Å². The average molecular weight is 598 g/mol. The fraction of sp³-hybridized carbons (Fsp3) is 0.345. The monoisotopic (exact) mass is 597 g/mol. The first-order chi connectivity index (χ1) is 19.6. The largest absolute Gasteiger partial charge is 0.457 e. The average Bonchev–Trinajstić information content (AvgIpc) is 2.91. The Hall–Kier alpha value is -4.13. The van der Waals surface area contributed by atoms with E-state index in [1.54, 1.807) is 13.8 Å². The van der Waals surface area contributed by atoms with Crippen molar-refractivity contribution in [2.45, 2.75) is 64.2 Å². The van der Waals surface area contributed by atoms with Crippen molar-refractivity contribution in [1.82, 2.24) is 15.2 Å². The fourth-order valence-corrected chi connectivity index (χ4v) is 4.13. The van der Waals surface area contributed by atoms with Crippen LogP contribution in [0.5, 0.6) is 11.5 Å². The maximum absolute atomic E-state index is 13.4. The number of imide groups is 1. The molecule has 13 heteroatoms. The van der Waals surface area contributed by atoms with E-state index in [0.29, 0.717) is 25.0 Å². The van der Waals surface area contributed by atoms with Crippen LogP contribution >= 0.6 is 0 Å². The summed E-state index contributed by atoms with van der Waals surface area (Å²) in [6, 6.07) is 11.2. The number of nitrogens with one attached hydrogen (secondary N) is 1. The maximum Gasteiger partial charge on any atom is 0.430 e. The lowest BCUT2D eigenvalue weighted by molar-refractivity contribution is -0.376. The Morgan fingerprint density at radius 1 is 1.05 bits per heavy atom. The number of ether oxygens (including phenoxy) is 1. The van der Waals surface area contributed by atoms with Crippen LogP contribution in [-0.2, 0) is 23.4 Å². The van der Waals surface area contributed by atoms with Crippen LogP contribution in [0, 0.1) is 6.92 Å². The van der Waals surface area contributed by atoms with Crippen LogP contribution < -0.4 is 10.1 Å². The van der Waals surface area contributed by atoms with Gasteiger partial charge in [-0.25, -0.2) is 4.79 Å². The van der Waals surface area contributed by atoms with Gasteiger partial charge in [-0.2, -0.15) is 26.3 Å². The highest BCUT2D eigenvalue weighted by atomic mass is 19.4. The number of hydrogen-bond donors (Lipinski definition) is 2. The van der Waals surface area contributed by atoms with Crippen molar-refractivity contribution in [2.24, 2.45) is 0 Å². The third-order valence-electron chi connectivity index (χ3n) is 6.47. The molecule has 1 unspecified atom stereocenters. The zero-order valence-electron chi connectivity index (χ0n) is 22.9. The molecular formula is C29H29F6N3O4. The summed E-state index contributed by atoms with van der Waals surface area (Å²) in [4.78, 5) is 29.4. The first-order valence-electron chi connectivity index (χ1n) is 12.8. The van der Waals surface area contributed by atoms with E-state index in [1.807, 2.05) is 31.2 Å². The topological polar surface area (TPSA) is 91.8 Å². The highest BCUT2D eigenvalue weighted by molar-refractivity contribution is 5.84. The number of carbonyl (C=O) groups excluding carboxylic acids is 2.